The Morgan fingerprint density at radius 3 is 2.03 bits per heavy atom. The summed E-state index contributed by atoms with van der Waals surface area (Å²) in [5.41, 5.74) is 0. The maximum Gasteiger partial charge on any atom is 0.243 e. The topological polar surface area (TPSA) is 127 Å². The fourth-order valence-electron chi connectivity index (χ4n) is 4.21. The van der Waals surface area contributed by atoms with Crippen LogP contribution in [-0.4, -0.2) is 96.0 Å². The van der Waals surface area contributed by atoms with Gasteiger partial charge in [0, 0.05) is 26.2 Å². The van der Waals surface area contributed by atoms with Crippen LogP contribution < -0.4 is 0 Å². The van der Waals surface area contributed by atoms with Crippen LogP contribution in [0, 0.1) is 0 Å². The highest BCUT2D eigenvalue weighted by Gasteiger charge is 2.35. The number of hydrogen-bond acceptors (Lipinski definition) is 8. The molecule has 1 aromatic rings. The van der Waals surface area contributed by atoms with Crippen molar-refractivity contribution in [1.29, 1.82) is 0 Å². The van der Waals surface area contributed by atoms with Gasteiger partial charge < -0.3 is 9.47 Å². The van der Waals surface area contributed by atoms with Gasteiger partial charge in [-0.1, -0.05) is 0 Å². The Labute approximate surface area is 209 Å². The molecule has 3 unspecified atom stereocenters. The van der Waals surface area contributed by atoms with E-state index in [9.17, 15) is 25.3 Å². The van der Waals surface area contributed by atoms with E-state index >= 15 is 0 Å². The van der Waals surface area contributed by atoms with Gasteiger partial charge in [0.1, 0.15) is 0 Å². The fourth-order valence-corrected chi connectivity index (χ4v) is 8.44. The molecule has 2 aliphatic rings. The van der Waals surface area contributed by atoms with Crippen molar-refractivity contribution in [3.63, 3.8) is 0 Å². The smallest absolute Gasteiger partial charge is 0.243 e. The van der Waals surface area contributed by atoms with Crippen LogP contribution in [0.3, 0.4) is 0 Å². The average Bonchev–Trinajstić information content (AvgIpc) is 2.82. The summed E-state index contributed by atoms with van der Waals surface area (Å²) >= 11 is 0. The van der Waals surface area contributed by atoms with Gasteiger partial charge >= 0.3 is 0 Å². The second kappa shape index (κ2) is 11.1. The molecule has 0 radical (unpaired) electrons. The Morgan fingerprint density at radius 2 is 1.46 bits per heavy atom. The largest absolute Gasteiger partial charge is 0.379 e. The van der Waals surface area contributed by atoms with Crippen molar-refractivity contribution in [2.24, 2.45) is 0 Å². The van der Waals surface area contributed by atoms with Crippen LogP contribution >= 0.6 is 0 Å². The number of morpholine rings is 2. The molecule has 2 aliphatic heterocycles. The second-order valence-electron chi connectivity index (χ2n) is 9.40. The van der Waals surface area contributed by atoms with Gasteiger partial charge in [0.2, 0.25) is 20.0 Å². The Bertz CT molecular complexity index is 1180. The zero-order chi connectivity index (χ0) is 26.0. The molecule has 0 amide bonds. The van der Waals surface area contributed by atoms with Gasteiger partial charge in [0.05, 0.1) is 45.7 Å². The maximum atomic E-state index is 13.1. The summed E-state index contributed by atoms with van der Waals surface area (Å²) in [6, 6.07) is 5.31. The lowest BCUT2D eigenvalue weighted by atomic mass is 10.1. The summed E-state index contributed by atoms with van der Waals surface area (Å²) in [5, 5.41) is -1.29. The van der Waals surface area contributed by atoms with Gasteiger partial charge in [0.25, 0.3) is 0 Å². The van der Waals surface area contributed by atoms with E-state index in [0.717, 1.165) is 0 Å². The molecule has 0 bridgehead atoms. The molecule has 3 atom stereocenters. The molecule has 0 saturated carbocycles. The molecular weight excluding hydrogens is 516 g/mol. The van der Waals surface area contributed by atoms with Crippen LogP contribution in [0.2, 0.25) is 0 Å². The summed E-state index contributed by atoms with van der Waals surface area (Å²) in [6.45, 7) is 8.34. The molecule has 0 aromatic heterocycles. The van der Waals surface area contributed by atoms with Crippen molar-refractivity contribution >= 4 is 29.9 Å². The van der Waals surface area contributed by atoms with Crippen LogP contribution in [0.25, 0.3) is 0 Å². The van der Waals surface area contributed by atoms with Crippen molar-refractivity contribution in [2.45, 2.75) is 73.0 Å². The number of benzene rings is 1. The maximum absolute atomic E-state index is 13.1. The summed E-state index contributed by atoms with van der Waals surface area (Å²) in [5.74, 6) is 0. The summed E-state index contributed by atoms with van der Waals surface area (Å²) in [7, 11) is -10.8. The molecule has 3 rings (SSSR count). The molecule has 0 aliphatic carbocycles. The monoisotopic (exact) mass is 552 g/mol. The van der Waals surface area contributed by atoms with Gasteiger partial charge in [0.15, 0.2) is 9.84 Å². The highest BCUT2D eigenvalue weighted by Crippen LogP contribution is 2.26. The SMILES string of the molecule is CC1CN(S(=O)(=O)C(C)C)CC(CCC(C)S(=O)(=O)c2ccc(S(=O)(=O)N3CCOCC3)cc2)O1. The first-order valence-corrected chi connectivity index (χ1v) is 16.3. The second-order valence-corrected chi connectivity index (χ2v) is 16.2. The lowest BCUT2D eigenvalue weighted by molar-refractivity contribution is -0.0577. The van der Waals surface area contributed by atoms with Crippen molar-refractivity contribution < 1.29 is 34.7 Å². The summed E-state index contributed by atoms with van der Waals surface area (Å²) in [6.07, 6.45) is -0.0114. The first kappa shape index (κ1) is 28.5. The van der Waals surface area contributed by atoms with Crippen molar-refractivity contribution in [3.8, 4) is 0 Å². The van der Waals surface area contributed by atoms with E-state index < -0.39 is 46.5 Å². The third kappa shape index (κ3) is 6.43. The normalized spacial score (nSPS) is 24.5. The van der Waals surface area contributed by atoms with Crippen molar-refractivity contribution in [2.75, 3.05) is 39.4 Å². The molecule has 1 aromatic carbocycles. The Kier molecular flexibility index (Phi) is 9.04. The van der Waals surface area contributed by atoms with Crippen LogP contribution in [0.15, 0.2) is 34.1 Å². The van der Waals surface area contributed by atoms with E-state index in [2.05, 4.69) is 0 Å². The molecular formula is C22H36N2O8S3. The molecule has 200 valence electrons. The van der Waals surface area contributed by atoms with E-state index in [1.54, 1.807) is 20.8 Å². The quantitative estimate of drug-likeness (QED) is 0.451. The first-order chi connectivity index (χ1) is 16.3. The van der Waals surface area contributed by atoms with Crippen LogP contribution in [0.1, 0.15) is 40.5 Å². The van der Waals surface area contributed by atoms with Gasteiger partial charge in [-0.2, -0.15) is 8.61 Å². The first-order valence-electron chi connectivity index (χ1n) is 11.8. The highest BCUT2D eigenvalue weighted by molar-refractivity contribution is 7.92. The van der Waals surface area contributed by atoms with E-state index in [-0.39, 0.29) is 48.5 Å². The van der Waals surface area contributed by atoms with Crippen LogP contribution in [0.4, 0.5) is 0 Å². The summed E-state index contributed by atoms with van der Waals surface area (Å²) < 4.78 is 90.8. The molecule has 2 saturated heterocycles. The predicted octanol–water partition coefficient (Wildman–Crippen LogP) is 1.48. The van der Waals surface area contributed by atoms with Crippen molar-refractivity contribution in [1.82, 2.24) is 8.61 Å². The third-order valence-electron chi connectivity index (χ3n) is 6.43. The zero-order valence-electron chi connectivity index (χ0n) is 20.7. The Balaban J connectivity index is 1.65. The van der Waals surface area contributed by atoms with Gasteiger partial charge in [-0.05, 0) is 64.8 Å². The minimum absolute atomic E-state index is 0.0436. The Hall–Kier alpha value is -1.09. The molecule has 2 fully saturated rings. The summed E-state index contributed by atoms with van der Waals surface area (Å²) in [4.78, 5) is 0.0925. The number of ether oxygens (including phenoxy) is 2. The number of rotatable bonds is 9. The van der Waals surface area contributed by atoms with Gasteiger partial charge in [-0.25, -0.2) is 25.3 Å². The molecule has 0 spiro atoms. The number of sulfonamides is 2. The standard InChI is InChI=1S/C22H36N2O8S3/c1-17(2)34(27,28)24-15-18(3)32-20(16-24)6-5-19(4)33(25,26)21-7-9-22(10-8-21)35(29,30)23-11-13-31-14-12-23/h7-10,17-20H,5-6,11-16H2,1-4H3. The molecule has 0 N–H and O–H groups in total. The fraction of sp³-hybridized carbons (Fsp3) is 0.727. The molecule has 2 heterocycles. The highest BCUT2D eigenvalue weighted by atomic mass is 32.2. The minimum atomic E-state index is -3.71. The predicted molar refractivity (Wildman–Crippen MR) is 132 cm³/mol. The molecule has 13 heteroatoms. The third-order valence-corrected chi connectivity index (χ3v) is 12.8. The lowest BCUT2D eigenvalue weighted by Crippen LogP contribution is -2.51. The molecule has 35 heavy (non-hydrogen) atoms. The van der Waals surface area contributed by atoms with E-state index in [1.807, 2.05) is 6.92 Å². The average molecular weight is 553 g/mol. The number of hydrogen-bond donors (Lipinski definition) is 0. The minimum Gasteiger partial charge on any atom is -0.379 e. The van der Waals surface area contributed by atoms with Crippen molar-refractivity contribution in [3.05, 3.63) is 24.3 Å². The van der Waals surface area contributed by atoms with Gasteiger partial charge in [-0.3, -0.25) is 0 Å². The van der Waals surface area contributed by atoms with E-state index in [1.165, 1.54) is 32.9 Å². The Morgan fingerprint density at radius 1 is 0.886 bits per heavy atom. The molecule has 10 nitrogen and oxygen atoms in total. The van der Waals surface area contributed by atoms with E-state index in [0.29, 0.717) is 19.6 Å². The lowest BCUT2D eigenvalue weighted by Gasteiger charge is -2.37. The van der Waals surface area contributed by atoms with Crippen LogP contribution in [0.5, 0.6) is 0 Å². The van der Waals surface area contributed by atoms with E-state index in [4.69, 9.17) is 9.47 Å². The zero-order valence-corrected chi connectivity index (χ0v) is 23.1. The number of sulfone groups is 1. The van der Waals surface area contributed by atoms with Gasteiger partial charge in [-0.15, -0.1) is 0 Å². The van der Waals surface area contributed by atoms with Crippen LogP contribution in [-0.2, 0) is 39.4 Å². The number of nitrogens with zero attached hydrogens (tertiary/aromatic N) is 2.